The number of halogens is 1. The molecule has 0 atom stereocenters. The van der Waals surface area contributed by atoms with Gasteiger partial charge in [-0.25, -0.2) is 0 Å². The molecule has 0 saturated carbocycles. The second-order valence-electron chi connectivity index (χ2n) is 5.34. The standard InChI is InChI=1S/C18H22ClN/c1-5-20-11-16-10-15(6-7-18(16)19)17-9-13(3)12(2)8-14(17)4/h6-10,20H,5,11H2,1-4H3. The molecule has 0 saturated heterocycles. The molecular formula is C18H22ClN. The molecule has 0 aliphatic heterocycles. The fourth-order valence-corrected chi connectivity index (χ4v) is 2.59. The van der Waals surface area contributed by atoms with Crippen molar-refractivity contribution in [1.29, 1.82) is 0 Å². The van der Waals surface area contributed by atoms with Gasteiger partial charge in [-0.15, -0.1) is 0 Å². The Hall–Kier alpha value is -1.31. The van der Waals surface area contributed by atoms with Gasteiger partial charge in [-0.2, -0.15) is 0 Å². The molecule has 1 nitrogen and oxygen atoms in total. The van der Waals surface area contributed by atoms with Gasteiger partial charge in [0.15, 0.2) is 0 Å². The summed E-state index contributed by atoms with van der Waals surface area (Å²) in [6.07, 6.45) is 0. The van der Waals surface area contributed by atoms with Gasteiger partial charge < -0.3 is 5.32 Å². The first-order valence-electron chi connectivity index (χ1n) is 7.10. The predicted octanol–water partition coefficient (Wildman–Crippen LogP) is 5.04. The van der Waals surface area contributed by atoms with Crippen molar-refractivity contribution in [2.24, 2.45) is 0 Å². The third-order valence-electron chi connectivity index (χ3n) is 3.76. The van der Waals surface area contributed by atoms with Crippen molar-refractivity contribution in [2.75, 3.05) is 6.54 Å². The molecule has 20 heavy (non-hydrogen) atoms. The Labute approximate surface area is 127 Å². The largest absolute Gasteiger partial charge is 0.313 e. The van der Waals surface area contributed by atoms with Gasteiger partial charge in [0, 0.05) is 11.6 Å². The average Bonchev–Trinajstić information content (AvgIpc) is 2.42. The third-order valence-corrected chi connectivity index (χ3v) is 4.13. The highest BCUT2D eigenvalue weighted by Crippen LogP contribution is 2.29. The molecule has 0 aromatic heterocycles. The van der Waals surface area contributed by atoms with Crippen LogP contribution in [0, 0.1) is 20.8 Å². The van der Waals surface area contributed by atoms with Crippen LogP contribution in [0.3, 0.4) is 0 Å². The summed E-state index contributed by atoms with van der Waals surface area (Å²) in [5.74, 6) is 0. The highest BCUT2D eigenvalue weighted by atomic mass is 35.5. The van der Waals surface area contributed by atoms with E-state index in [0.717, 1.165) is 23.7 Å². The lowest BCUT2D eigenvalue weighted by Crippen LogP contribution is -2.12. The smallest absolute Gasteiger partial charge is 0.0451 e. The molecule has 0 unspecified atom stereocenters. The average molecular weight is 288 g/mol. The molecule has 0 bridgehead atoms. The summed E-state index contributed by atoms with van der Waals surface area (Å²) in [5.41, 5.74) is 7.67. The van der Waals surface area contributed by atoms with Crippen molar-refractivity contribution in [3.8, 4) is 11.1 Å². The topological polar surface area (TPSA) is 12.0 Å². The summed E-state index contributed by atoms with van der Waals surface area (Å²) in [7, 11) is 0. The number of hydrogen-bond donors (Lipinski definition) is 1. The van der Waals surface area contributed by atoms with Gasteiger partial charge in [0.05, 0.1) is 0 Å². The van der Waals surface area contributed by atoms with Crippen LogP contribution in [0.2, 0.25) is 5.02 Å². The Morgan fingerprint density at radius 2 is 1.65 bits per heavy atom. The molecule has 0 aliphatic carbocycles. The lowest BCUT2D eigenvalue weighted by Gasteiger charge is -2.13. The molecule has 0 fully saturated rings. The van der Waals surface area contributed by atoms with Crippen LogP contribution in [0.4, 0.5) is 0 Å². The minimum atomic E-state index is 0.813. The molecule has 2 heteroatoms. The molecule has 0 aliphatic rings. The Bertz CT molecular complexity index is 617. The Balaban J connectivity index is 2.45. The maximum atomic E-state index is 6.28. The summed E-state index contributed by atoms with van der Waals surface area (Å²) < 4.78 is 0. The van der Waals surface area contributed by atoms with Crippen molar-refractivity contribution in [3.05, 3.63) is 57.6 Å². The number of rotatable bonds is 4. The van der Waals surface area contributed by atoms with Gasteiger partial charge in [-0.3, -0.25) is 0 Å². The quantitative estimate of drug-likeness (QED) is 0.830. The van der Waals surface area contributed by atoms with E-state index < -0.39 is 0 Å². The molecule has 106 valence electrons. The lowest BCUT2D eigenvalue weighted by molar-refractivity contribution is 0.727. The zero-order valence-corrected chi connectivity index (χ0v) is 13.4. The molecule has 2 aromatic rings. The van der Waals surface area contributed by atoms with Crippen molar-refractivity contribution < 1.29 is 0 Å². The van der Waals surface area contributed by atoms with Crippen LogP contribution in [0.1, 0.15) is 29.2 Å². The zero-order valence-electron chi connectivity index (χ0n) is 12.7. The van der Waals surface area contributed by atoms with E-state index in [4.69, 9.17) is 11.6 Å². The van der Waals surface area contributed by atoms with E-state index in [9.17, 15) is 0 Å². The van der Waals surface area contributed by atoms with E-state index in [0.29, 0.717) is 0 Å². The first kappa shape index (κ1) is 15.1. The molecule has 0 radical (unpaired) electrons. The minimum absolute atomic E-state index is 0.813. The maximum Gasteiger partial charge on any atom is 0.0451 e. The molecule has 1 N–H and O–H groups in total. The normalized spacial score (nSPS) is 10.8. The monoisotopic (exact) mass is 287 g/mol. The molecule has 2 aromatic carbocycles. The van der Waals surface area contributed by atoms with E-state index in [-0.39, 0.29) is 0 Å². The SMILES string of the molecule is CCNCc1cc(-c2cc(C)c(C)cc2C)ccc1Cl. The van der Waals surface area contributed by atoms with E-state index >= 15 is 0 Å². The minimum Gasteiger partial charge on any atom is -0.313 e. The van der Waals surface area contributed by atoms with Crippen LogP contribution in [0.25, 0.3) is 11.1 Å². The molecule has 2 rings (SSSR count). The first-order valence-corrected chi connectivity index (χ1v) is 7.48. The fourth-order valence-electron chi connectivity index (χ4n) is 2.41. The van der Waals surface area contributed by atoms with E-state index in [1.807, 2.05) is 6.07 Å². The van der Waals surface area contributed by atoms with Gasteiger partial charge >= 0.3 is 0 Å². The summed E-state index contributed by atoms with van der Waals surface area (Å²) in [6, 6.07) is 10.8. The maximum absolute atomic E-state index is 6.28. The first-order chi connectivity index (χ1) is 9.52. The Morgan fingerprint density at radius 3 is 2.35 bits per heavy atom. The number of aryl methyl sites for hydroxylation is 3. The number of nitrogens with one attached hydrogen (secondary N) is 1. The van der Waals surface area contributed by atoms with Crippen molar-refractivity contribution in [1.82, 2.24) is 5.32 Å². The highest BCUT2D eigenvalue weighted by Gasteiger charge is 2.07. The summed E-state index contributed by atoms with van der Waals surface area (Å²) in [4.78, 5) is 0. The second-order valence-corrected chi connectivity index (χ2v) is 5.75. The third kappa shape index (κ3) is 3.23. The van der Waals surface area contributed by atoms with E-state index in [1.165, 1.54) is 27.8 Å². The van der Waals surface area contributed by atoms with Crippen LogP contribution in [0.5, 0.6) is 0 Å². The summed E-state index contributed by atoms with van der Waals surface area (Å²) >= 11 is 6.28. The predicted molar refractivity (Wildman–Crippen MR) is 88.5 cm³/mol. The van der Waals surface area contributed by atoms with Crippen molar-refractivity contribution in [3.63, 3.8) is 0 Å². The van der Waals surface area contributed by atoms with Crippen molar-refractivity contribution in [2.45, 2.75) is 34.2 Å². The van der Waals surface area contributed by atoms with Crippen LogP contribution in [-0.2, 0) is 6.54 Å². The molecular weight excluding hydrogens is 266 g/mol. The highest BCUT2D eigenvalue weighted by molar-refractivity contribution is 6.31. The number of benzene rings is 2. The second kappa shape index (κ2) is 6.43. The Morgan fingerprint density at radius 1 is 0.950 bits per heavy atom. The molecule has 0 heterocycles. The van der Waals surface area contributed by atoms with Crippen molar-refractivity contribution >= 4 is 11.6 Å². The Kier molecular flexibility index (Phi) is 4.85. The van der Waals surface area contributed by atoms with Crippen LogP contribution < -0.4 is 5.32 Å². The summed E-state index contributed by atoms with van der Waals surface area (Å²) in [5, 5.41) is 4.16. The van der Waals surface area contributed by atoms with Gasteiger partial charge in [-0.1, -0.05) is 36.7 Å². The van der Waals surface area contributed by atoms with Gasteiger partial charge in [0.1, 0.15) is 0 Å². The van der Waals surface area contributed by atoms with Crippen LogP contribution in [0.15, 0.2) is 30.3 Å². The zero-order chi connectivity index (χ0) is 14.7. The number of hydrogen-bond acceptors (Lipinski definition) is 1. The van der Waals surface area contributed by atoms with Crippen LogP contribution in [-0.4, -0.2) is 6.54 Å². The van der Waals surface area contributed by atoms with Gasteiger partial charge in [0.2, 0.25) is 0 Å². The lowest BCUT2D eigenvalue weighted by atomic mass is 9.94. The van der Waals surface area contributed by atoms with E-state index in [1.54, 1.807) is 0 Å². The fraction of sp³-hybridized carbons (Fsp3) is 0.333. The van der Waals surface area contributed by atoms with Gasteiger partial charge in [0.25, 0.3) is 0 Å². The van der Waals surface area contributed by atoms with Crippen LogP contribution >= 0.6 is 11.6 Å². The van der Waals surface area contributed by atoms with Gasteiger partial charge in [-0.05, 0) is 72.8 Å². The summed E-state index contributed by atoms with van der Waals surface area (Å²) in [6.45, 7) is 10.3. The van der Waals surface area contributed by atoms with E-state index in [2.05, 4.69) is 57.3 Å². The molecule has 0 amide bonds. The molecule has 0 spiro atoms.